The minimum Gasteiger partial charge on any atom is -0.465 e. The highest BCUT2D eigenvalue weighted by Crippen LogP contribution is 2.44. The normalized spacial score (nSPS) is 19.6. The van der Waals surface area contributed by atoms with Gasteiger partial charge in [-0.1, -0.05) is 39.0 Å². The quantitative estimate of drug-likeness (QED) is 0.401. The number of likely N-dealkylation sites (tertiary alicyclic amines) is 1. The molecule has 2 aromatic rings. The first-order chi connectivity index (χ1) is 15.9. The van der Waals surface area contributed by atoms with E-state index in [4.69, 9.17) is 9.16 Å². The number of carbonyl (C=O) groups is 2. The second-order valence-electron chi connectivity index (χ2n) is 10.5. The smallest absolute Gasteiger partial charge is 0.407 e. The third kappa shape index (κ3) is 5.67. The van der Waals surface area contributed by atoms with E-state index in [0.717, 1.165) is 17.5 Å². The summed E-state index contributed by atoms with van der Waals surface area (Å²) in [4.78, 5) is 30.1. The van der Waals surface area contributed by atoms with Crippen molar-refractivity contribution in [1.82, 2.24) is 9.88 Å². The highest BCUT2D eigenvalue weighted by atomic mass is 28.4. The number of carboxylic acid groups (broad SMARTS) is 1. The van der Waals surface area contributed by atoms with Crippen molar-refractivity contribution in [2.24, 2.45) is 0 Å². The molecule has 0 bridgehead atoms. The van der Waals surface area contributed by atoms with Gasteiger partial charge in [0.15, 0.2) is 8.32 Å². The van der Waals surface area contributed by atoms with Crippen LogP contribution in [0.3, 0.4) is 0 Å². The molecule has 3 atom stereocenters. The Bertz CT molecular complexity index is 989. The van der Waals surface area contributed by atoms with Crippen LogP contribution in [0, 0.1) is 0 Å². The third-order valence-corrected chi connectivity index (χ3v) is 11.7. The fourth-order valence-corrected chi connectivity index (χ4v) is 5.56. The number of aromatic nitrogens is 1. The van der Waals surface area contributed by atoms with E-state index in [0.29, 0.717) is 18.4 Å². The van der Waals surface area contributed by atoms with Crippen molar-refractivity contribution in [2.75, 3.05) is 7.11 Å². The zero-order valence-electron chi connectivity index (χ0n) is 20.9. The summed E-state index contributed by atoms with van der Waals surface area (Å²) in [7, 11) is -0.839. The van der Waals surface area contributed by atoms with E-state index in [2.05, 4.69) is 38.8 Å². The Kier molecular flexibility index (Phi) is 7.83. The molecule has 3 rings (SSSR count). The summed E-state index contributed by atoms with van der Waals surface area (Å²) < 4.78 is 11.6. The maximum Gasteiger partial charge on any atom is 0.407 e. The summed E-state index contributed by atoms with van der Waals surface area (Å²) in [6, 6.07) is 10.6. The molecule has 1 N–H and O–H groups in total. The van der Waals surface area contributed by atoms with Crippen LogP contribution in [0.15, 0.2) is 48.8 Å². The predicted molar refractivity (Wildman–Crippen MR) is 133 cm³/mol. The molecule has 1 fully saturated rings. The van der Waals surface area contributed by atoms with Crippen LogP contribution in [0.25, 0.3) is 0 Å². The van der Waals surface area contributed by atoms with Crippen LogP contribution >= 0.6 is 0 Å². The van der Waals surface area contributed by atoms with E-state index in [-0.39, 0.29) is 29.2 Å². The molecule has 2 heterocycles. The van der Waals surface area contributed by atoms with Gasteiger partial charge in [0.05, 0.1) is 24.8 Å². The van der Waals surface area contributed by atoms with Crippen molar-refractivity contribution in [2.45, 2.75) is 76.4 Å². The van der Waals surface area contributed by atoms with E-state index in [1.54, 1.807) is 29.4 Å². The van der Waals surface area contributed by atoms with Gasteiger partial charge < -0.3 is 14.3 Å². The van der Waals surface area contributed by atoms with Gasteiger partial charge in [-0.15, -0.1) is 0 Å². The van der Waals surface area contributed by atoms with E-state index in [1.807, 2.05) is 24.3 Å². The van der Waals surface area contributed by atoms with Gasteiger partial charge in [0.1, 0.15) is 0 Å². The van der Waals surface area contributed by atoms with Crippen LogP contribution in [0.1, 0.15) is 61.2 Å². The van der Waals surface area contributed by atoms with Crippen molar-refractivity contribution in [1.29, 1.82) is 0 Å². The zero-order valence-corrected chi connectivity index (χ0v) is 21.9. The molecule has 0 aliphatic carbocycles. The number of methoxy groups -OCH3 is 1. The standard InChI is InChI=1S/C26H36N2O5Si/c1-26(2,3)34(5,6)33-23(20-8-7-15-27-17-20)22-14-13-21(28(22)25(30)31)16-18-9-11-19(12-10-18)24(29)32-4/h7-12,15,17,21-23H,13-14,16H2,1-6H3,(H,30,31)/t21-,22+,23?/m0/s1. The van der Waals surface area contributed by atoms with Crippen LogP contribution < -0.4 is 0 Å². The minimum atomic E-state index is -2.19. The highest BCUT2D eigenvalue weighted by molar-refractivity contribution is 6.74. The maximum atomic E-state index is 12.5. The van der Waals surface area contributed by atoms with Gasteiger partial charge in [0.2, 0.25) is 0 Å². The number of nitrogens with zero attached hydrogens (tertiary/aromatic N) is 2. The molecule has 0 spiro atoms. The number of pyridine rings is 1. The largest absolute Gasteiger partial charge is 0.465 e. The molecule has 1 aliphatic heterocycles. The molecule has 1 amide bonds. The first-order valence-electron chi connectivity index (χ1n) is 11.7. The van der Waals surface area contributed by atoms with Crippen molar-refractivity contribution in [3.05, 3.63) is 65.5 Å². The lowest BCUT2D eigenvalue weighted by Crippen LogP contribution is -2.49. The summed E-state index contributed by atoms with van der Waals surface area (Å²) in [5.74, 6) is -0.387. The second-order valence-corrected chi connectivity index (χ2v) is 15.2. The van der Waals surface area contributed by atoms with Gasteiger partial charge in [0, 0.05) is 18.4 Å². The average molecular weight is 485 g/mol. The Hall–Kier alpha value is -2.71. The molecule has 7 nitrogen and oxygen atoms in total. The molecule has 1 aromatic heterocycles. The van der Waals surface area contributed by atoms with Crippen molar-refractivity contribution in [3.63, 3.8) is 0 Å². The van der Waals surface area contributed by atoms with Crippen molar-refractivity contribution in [3.8, 4) is 0 Å². The number of amides is 1. The molecule has 0 radical (unpaired) electrons. The van der Waals surface area contributed by atoms with E-state index < -0.39 is 14.4 Å². The number of carbonyl (C=O) groups excluding carboxylic acids is 1. The monoisotopic (exact) mass is 484 g/mol. The average Bonchev–Trinajstić information content (AvgIpc) is 3.20. The van der Waals surface area contributed by atoms with E-state index in [1.165, 1.54) is 7.11 Å². The van der Waals surface area contributed by atoms with Gasteiger partial charge in [-0.3, -0.25) is 9.88 Å². The first kappa shape index (κ1) is 25.9. The number of hydrogen-bond donors (Lipinski definition) is 1. The Morgan fingerprint density at radius 2 is 1.85 bits per heavy atom. The second kappa shape index (κ2) is 10.3. The van der Waals surface area contributed by atoms with Gasteiger partial charge in [-0.2, -0.15) is 0 Å². The Morgan fingerprint density at radius 3 is 2.38 bits per heavy atom. The van der Waals surface area contributed by atoms with Crippen LogP contribution in [-0.2, 0) is 15.6 Å². The Labute approximate surface area is 203 Å². The molecular weight excluding hydrogens is 448 g/mol. The highest BCUT2D eigenvalue weighted by Gasteiger charge is 2.46. The topological polar surface area (TPSA) is 89.0 Å². The lowest BCUT2D eigenvalue weighted by Gasteiger charge is -2.42. The minimum absolute atomic E-state index is 0.0130. The summed E-state index contributed by atoms with van der Waals surface area (Å²) >= 11 is 0. The van der Waals surface area contributed by atoms with Crippen LogP contribution in [0.4, 0.5) is 4.79 Å². The molecule has 1 aromatic carbocycles. The Balaban J connectivity index is 1.88. The predicted octanol–water partition coefficient (Wildman–Crippen LogP) is 5.68. The number of esters is 1. The first-order valence-corrected chi connectivity index (χ1v) is 14.6. The molecule has 1 saturated heterocycles. The molecule has 184 valence electrons. The number of rotatable bonds is 7. The maximum absolute atomic E-state index is 12.5. The third-order valence-electron chi connectivity index (χ3n) is 7.20. The molecule has 8 heteroatoms. The van der Waals surface area contributed by atoms with Crippen molar-refractivity contribution >= 4 is 20.4 Å². The number of ether oxygens (including phenoxy) is 1. The lowest BCUT2D eigenvalue weighted by atomic mass is 10.0. The van der Waals surface area contributed by atoms with Gasteiger partial charge in [-0.25, -0.2) is 9.59 Å². The molecule has 1 unspecified atom stereocenters. The lowest BCUT2D eigenvalue weighted by molar-refractivity contribution is 0.0596. The van der Waals surface area contributed by atoms with E-state index in [9.17, 15) is 14.7 Å². The molecule has 34 heavy (non-hydrogen) atoms. The number of hydrogen-bond acceptors (Lipinski definition) is 5. The fourth-order valence-electron chi connectivity index (χ4n) is 4.28. The SMILES string of the molecule is COC(=O)c1ccc(C[C@@H]2CC[C@H](C(O[Si](C)(C)C(C)(C)C)c3cccnc3)N2C(=O)O)cc1. The van der Waals surface area contributed by atoms with Gasteiger partial charge in [-0.05, 0) is 66.7 Å². The van der Waals surface area contributed by atoms with Crippen molar-refractivity contribution < 1.29 is 23.9 Å². The number of benzene rings is 1. The molecule has 1 aliphatic rings. The Morgan fingerprint density at radius 1 is 1.18 bits per heavy atom. The van der Waals surface area contributed by atoms with Crippen LogP contribution in [0.2, 0.25) is 18.1 Å². The van der Waals surface area contributed by atoms with Crippen LogP contribution in [0.5, 0.6) is 0 Å². The summed E-state index contributed by atoms with van der Waals surface area (Å²) in [6.07, 6.45) is 4.22. The van der Waals surface area contributed by atoms with Crippen LogP contribution in [-0.4, -0.2) is 54.6 Å². The molecule has 0 saturated carbocycles. The molecular formula is C26H36N2O5Si. The zero-order chi connectivity index (χ0) is 25.1. The van der Waals surface area contributed by atoms with Gasteiger partial charge >= 0.3 is 12.1 Å². The summed E-state index contributed by atoms with van der Waals surface area (Å²) in [5.41, 5.74) is 2.37. The summed E-state index contributed by atoms with van der Waals surface area (Å²) in [5, 5.41) is 10.2. The summed E-state index contributed by atoms with van der Waals surface area (Å²) in [6.45, 7) is 10.9. The van der Waals surface area contributed by atoms with E-state index >= 15 is 0 Å². The van der Waals surface area contributed by atoms with Gasteiger partial charge in [0.25, 0.3) is 0 Å². The fraction of sp³-hybridized carbons (Fsp3) is 0.500.